The zero-order valence-corrected chi connectivity index (χ0v) is 9.07. The molecular formula is C10H18N4. The summed E-state index contributed by atoms with van der Waals surface area (Å²) < 4.78 is 0. The minimum atomic E-state index is 0.472. The highest BCUT2D eigenvalue weighted by molar-refractivity contribution is 5.22. The van der Waals surface area contributed by atoms with Crippen molar-refractivity contribution < 1.29 is 0 Å². The average molecular weight is 194 g/mol. The van der Waals surface area contributed by atoms with E-state index in [0.29, 0.717) is 11.7 Å². The number of hydrogen-bond acceptors (Lipinski definition) is 4. The van der Waals surface area contributed by atoms with Crippen molar-refractivity contribution in [3.8, 4) is 0 Å². The maximum absolute atomic E-state index is 5.45. The van der Waals surface area contributed by atoms with Crippen LogP contribution in [0.4, 0.5) is 5.82 Å². The van der Waals surface area contributed by atoms with Crippen molar-refractivity contribution in [2.75, 3.05) is 19.3 Å². The van der Waals surface area contributed by atoms with Gasteiger partial charge in [0.1, 0.15) is 5.82 Å². The fraction of sp³-hybridized carbons (Fsp3) is 0.600. The summed E-state index contributed by atoms with van der Waals surface area (Å²) in [5.41, 5.74) is 6.41. The number of nitrogen functional groups attached to an aromatic ring is 1. The predicted molar refractivity (Wildman–Crippen MR) is 57.6 cm³/mol. The first-order valence-electron chi connectivity index (χ1n) is 4.83. The van der Waals surface area contributed by atoms with Gasteiger partial charge in [-0.15, -0.1) is 0 Å². The third-order valence-electron chi connectivity index (χ3n) is 1.83. The largest absolute Gasteiger partial charge is 0.382 e. The summed E-state index contributed by atoms with van der Waals surface area (Å²) in [6, 6.07) is 0. The molecule has 4 nitrogen and oxygen atoms in total. The van der Waals surface area contributed by atoms with Crippen LogP contribution < -0.4 is 5.73 Å². The molecule has 1 aromatic rings. The minimum Gasteiger partial charge on any atom is -0.382 e. The van der Waals surface area contributed by atoms with Crippen LogP contribution in [0.5, 0.6) is 0 Å². The standard InChI is InChI=1S/C10H18N4/c1-8(2)6-14(3)7-9-4-13-10(11)5-12-9/h4-5,8H,6-7H2,1-3H3,(H2,11,13). The van der Waals surface area contributed by atoms with Gasteiger partial charge in [0.2, 0.25) is 0 Å². The summed E-state index contributed by atoms with van der Waals surface area (Å²) in [5, 5.41) is 0. The van der Waals surface area contributed by atoms with Crippen molar-refractivity contribution in [3.05, 3.63) is 18.1 Å². The molecule has 0 saturated carbocycles. The Labute approximate surface area is 85.2 Å². The van der Waals surface area contributed by atoms with Gasteiger partial charge in [0.05, 0.1) is 18.1 Å². The maximum atomic E-state index is 5.45. The van der Waals surface area contributed by atoms with E-state index in [9.17, 15) is 0 Å². The van der Waals surface area contributed by atoms with Crippen LogP contribution in [0.2, 0.25) is 0 Å². The Balaban J connectivity index is 2.47. The summed E-state index contributed by atoms with van der Waals surface area (Å²) in [6.45, 7) is 6.29. The van der Waals surface area contributed by atoms with Gasteiger partial charge in [-0.3, -0.25) is 4.98 Å². The Bertz CT molecular complexity index is 268. The predicted octanol–water partition coefficient (Wildman–Crippen LogP) is 1.15. The van der Waals surface area contributed by atoms with E-state index < -0.39 is 0 Å². The SMILES string of the molecule is CC(C)CN(C)Cc1cnc(N)cn1. The third kappa shape index (κ3) is 3.70. The van der Waals surface area contributed by atoms with E-state index in [4.69, 9.17) is 5.73 Å². The fourth-order valence-electron chi connectivity index (χ4n) is 1.41. The summed E-state index contributed by atoms with van der Waals surface area (Å²) in [5.74, 6) is 1.14. The third-order valence-corrected chi connectivity index (χ3v) is 1.83. The second-order valence-corrected chi connectivity index (χ2v) is 4.02. The minimum absolute atomic E-state index is 0.472. The van der Waals surface area contributed by atoms with E-state index in [1.807, 2.05) is 0 Å². The zero-order chi connectivity index (χ0) is 10.6. The van der Waals surface area contributed by atoms with Crippen LogP contribution in [-0.2, 0) is 6.54 Å². The molecule has 0 aromatic carbocycles. The Morgan fingerprint density at radius 3 is 2.57 bits per heavy atom. The summed E-state index contributed by atoms with van der Waals surface area (Å²) in [4.78, 5) is 10.4. The normalized spacial score (nSPS) is 11.2. The van der Waals surface area contributed by atoms with Crippen molar-refractivity contribution in [1.29, 1.82) is 0 Å². The van der Waals surface area contributed by atoms with Gasteiger partial charge >= 0.3 is 0 Å². The molecule has 78 valence electrons. The van der Waals surface area contributed by atoms with Gasteiger partial charge in [0.25, 0.3) is 0 Å². The van der Waals surface area contributed by atoms with Crippen molar-refractivity contribution in [1.82, 2.24) is 14.9 Å². The second kappa shape index (κ2) is 4.91. The number of nitrogens with two attached hydrogens (primary N) is 1. The highest BCUT2D eigenvalue weighted by Gasteiger charge is 2.03. The lowest BCUT2D eigenvalue weighted by Gasteiger charge is -2.17. The number of hydrogen-bond donors (Lipinski definition) is 1. The molecule has 0 aliphatic rings. The number of nitrogens with zero attached hydrogens (tertiary/aromatic N) is 3. The summed E-state index contributed by atoms with van der Waals surface area (Å²) in [7, 11) is 2.08. The maximum Gasteiger partial charge on any atom is 0.141 e. The van der Waals surface area contributed by atoms with Crippen LogP contribution in [0.3, 0.4) is 0 Å². The van der Waals surface area contributed by atoms with Crippen molar-refractivity contribution >= 4 is 5.82 Å². The quantitative estimate of drug-likeness (QED) is 0.781. The Hall–Kier alpha value is -1.16. The van der Waals surface area contributed by atoms with Gasteiger partial charge < -0.3 is 10.6 Å². The van der Waals surface area contributed by atoms with Crippen LogP contribution in [0.15, 0.2) is 12.4 Å². The van der Waals surface area contributed by atoms with E-state index >= 15 is 0 Å². The highest BCUT2D eigenvalue weighted by atomic mass is 15.1. The molecule has 2 N–H and O–H groups in total. The molecule has 0 saturated heterocycles. The van der Waals surface area contributed by atoms with Gasteiger partial charge in [0.15, 0.2) is 0 Å². The van der Waals surface area contributed by atoms with Crippen LogP contribution in [0.25, 0.3) is 0 Å². The molecule has 4 heteroatoms. The molecule has 1 heterocycles. The van der Waals surface area contributed by atoms with Gasteiger partial charge in [-0.05, 0) is 13.0 Å². The summed E-state index contributed by atoms with van der Waals surface area (Å²) in [6.07, 6.45) is 3.32. The topological polar surface area (TPSA) is 55.0 Å². The van der Waals surface area contributed by atoms with E-state index in [0.717, 1.165) is 18.8 Å². The highest BCUT2D eigenvalue weighted by Crippen LogP contribution is 2.02. The van der Waals surface area contributed by atoms with E-state index in [1.165, 1.54) is 0 Å². The van der Waals surface area contributed by atoms with Gasteiger partial charge in [-0.25, -0.2) is 4.98 Å². The molecule has 0 amide bonds. The molecule has 0 bridgehead atoms. The molecule has 1 rings (SSSR count). The lowest BCUT2D eigenvalue weighted by Crippen LogP contribution is -2.23. The molecule has 1 aromatic heterocycles. The lowest BCUT2D eigenvalue weighted by molar-refractivity contribution is 0.285. The second-order valence-electron chi connectivity index (χ2n) is 4.02. The van der Waals surface area contributed by atoms with E-state index in [1.54, 1.807) is 12.4 Å². The first-order chi connectivity index (χ1) is 6.58. The van der Waals surface area contributed by atoms with Crippen molar-refractivity contribution in [2.24, 2.45) is 5.92 Å². The van der Waals surface area contributed by atoms with E-state index in [2.05, 4.69) is 35.8 Å². The lowest BCUT2D eigenvalue weighted by atomic mass is 10.2. The monoisotopic (exact) mass is 194 g/mol. The van der Waals surface area contributed by atoms with Gasteiger partial charge in [-0.1, -0.05) is 13.8 Å². The van der Waals surface area contributed by atoms with Crippen LogP contribution in [-0.4, -0.2) is 28.5 Å². The molecule has 0 unspecified atom stereocenters. The van der Waals surface area contributed by atoms with Crippen LogP contribution in [0, 0.1) is 5.92 Å². The van der Waals surface area contributed by atoms with Crippen molar-refractivity contribution in [2.45, 2.75) is 20.4 Å². The van der Waals surface area contributed by atoms with Crippen LogP contribution in [0.1, 0.15) is 19.5 Å². The molecule has 0 fully saturated rings. The first-order valence-corrected chi connectivity index (χ1v) is 4.83. The van der Waals surface area contributed by atoms with Crippen molar-refractivity contribution in [3.63, 3.8) is 0 Å². The molecule has 0 spiro atoms. The summed E-state index contributed by atoms with van der Waals surface area (Å²) >= 11 is 0. The smallest absolute Gasteiger partial charge is 0.141 e. The Morgan fingerprint density at radius 2 is 2.07 bits per heavy atom. The first kappa shape index (κ1) is 10.9. The van der Waals surface area contributed by atoms with Gasteiger partial charge in [0, 0.05) is 13.1 Å². The molecule has 0 aliphatic carbocycles. The van der Waals surface area contributed by atoms with Gasteiger partial charge in [-0.2, -0.15) is 0 Å². The fourth-order valence-corrected chi connectivity index (χ4v) is 1.41. The van der Waals surface area contributed by atoms with Crippen LogP contribution >= 0.6 is 0 Å². The molecule has 0 aliphatic heterocycles. The Morgan fingerprint density at radius 1 is 1.36 bits per heavy atom. The number of aromatic nitrogens is 2. The zero-order valence-electron chi connectivity index (χ0n) is 9.07. The molecule has 14 heavy (non-hydrogen) atoms. The number of rotatable bonds is 4. The average Bonchev–Trinajstić information content (AvgIpc) is 2.07. The molecular weight excluding hydrogens is 176 g/mol. The Kier molecular flexibility index (Phi) is 3.83. The molecule has 0 radical (unpaired) electrons. The molecule has 0 atom stereocenters. The van der Waals surface area contributed by atoms with E-state index in [-0.39, 0.29) is 0 Å². The number of anilines is 1.